The van der Waals surface area contributed by atoms with Crippen molar-refractivity contribution in [1.82, 2.24) is 10.3 Å². The number of nitrogens with zero attached hydrogens (tertiary/aromatic N) is 1. The molecule has 1 N–H and O–H groups in total. The highest BCUT2D eigenvalue weighted by molar-refractivity contribution is 5.22. The second-order valence-electron chi connectivity index (χ2n) is 4.56. The predicted octanol–water partition coefficient (Wildman–Crippen LogP) is 3.30. The van der Waals surface area contributed by atoms with Crippen LogP contribution in [0, 0.1) is 5.82 Å². The van der Waals surface area contributed by atoms with E-state index in [1.165, 1.54) is 6.07 Å². The van der Waals surface area contributed by atoms with Crippen molar-refractivity contribution < 1.29 is 9.13 Å². The third-order valence-corrected chi connectivity index (χ3v) is 2.89. The standard InChI is InChI=1S/C16H19FN2O/c1-2-8-18-11-13-7-9-19-16(10-13)20-12-14-5-3-4-6-15(14)17/h3-7,9-10,18H,2,8,11-12H2,1H3. The minimum atomic E-state index is -0.256. The van der Waals surface area contributed by atoms with E-state index in [4.69, 9.17) is 4.74 Å². The molecule has 0 unspecified atom stereocenters. The van der Waals surface area contributed by atoms with Crippen LogP contribution < -0.4 is 10.1 Å². The number of hydrogen-bond donors (Lipinski definition) is 1. The van der Waals surface area contributed by atoms with E-state index in [0.29, 0.717) is 11.4 Å². The van der Waals surface area contributed by atoms with Gasteiger partial charge in [0.1, 0.15) is 12.4 Å². The fourth-order valence-electron chi connectivity index (χ4n) is 1.82. The van der Waals surface area contributed by atoms with Crippen LogP contribution in [-0.4, -0.2) is 11.5 Å². The van der Waals surface area contributed by atoms with Gasteiger partial charge in [-0.15, -0.1) is 0 Å². The summed E-state index contributed by atoms with van der Waals surface area (Å²) in [4.78, 5) is 4.14. The molecule has 0 aliphatic heterocycles. The van der Waals surface area contributed by atoms with Crippen LogP contribution in [0.2, 0.25) is 0 Å². The lowest BCUT2D eigenvalue weighted by Gasteiger charge is -2.08. The molecule has 0 amide bonds. The smallest absolute Gasteiger partial charge is 0.213 e. The molecule has 0 spiro atoms. The molecule has 2 aromatic rings. The molecule has 0 fully saturated rings. The van der Waals surface area contributed by atoms with Crippen molar-refractivity contribution in [3.8, 4) is 5.88 Å². The van der Waals surface area contributed by atoms with Gasteiger partial charge in [-0.3, -0.25) is 0 Å². The van der Waals surface area contributed by atoms with E-state index in [1.54, 1.807) is 24.4 Å². The number of benzene rings is 1. The first kappa shape index (κ1) is 14.5. The molecule has 3 nitrogen and oxygen atoms in total. The molecule has 0 saturated heterocycles. The molecule has 0 aliphatic carbocycles. The van der Waals surface area contributed by atoms with Crippen LogP contribution in [-0.2, 0) is 13.2 Å². The summed E-state index contributed by atoms with van der Waals surface area (Å²) >= 11 is 0. The van der Waals surface area contributed by atoms with Crippen molar-refractivity contribution in [3.63, 3.8) is 0 Å². The van der Waals surface area contributed by atoms with Gasteiger partial charge in [0.25, 0.3) is 0 Å². The van der Waals surface area contributed by atoms with Crippen molar-refractivity contribution in [3.05, 3.63) is 59.5 Å². The Morgan fingerprint density at radius 2 is 2.10 bits per heavy atom. The molecular weight excluding hydrogens is 255 g/mol. The van der Waals surface area contributed by atoms with E-state index < -0.39 is 0 Å². The van der Waals surface area contributed by atoms with E-state index in [-0.39, 0.29) is 12.4 Å². The third-order valence-electron chi connectivity index (χ3n) is 2.89. The van der Waals surface area contributed by atoms with Gasteiger partial charge in [-0.25, -0.2) is 9.37 Å². The molecule has 1 heterocycles. The van der Waals surface area contributed by atoms with Gasteiger partial charge in [-0.1, -0.05) is 25.1 Å². The first-order chi connectivity index (χ1) is 9.79. The average molecular weight is 274 g/mol. The molecule has 0 saturated carbocycles. The maximum absolute atomic E-state index is 13.5. The summed E-state index contributed by atoms with van der Waals surface area (Å²) in [7, 11) is 0. The molecule has 1 aromatic heterocycles. The van der Waals surface area contributed by atoms with Crippen LogP contribution >= 0.6 is 0 Å². The highest BCUT2D eigenvalue weighted by Gasteiger charge is 2.03. The summed E-state index contributed by atoms with van der Waals surface area (Å²) in [5, 5.41) is 3.32. The molecular formula is C16H19FN2O. The van der Waals surface area contributed by atoms with Crippen LogP contribution in [0.15, 0.2) is 42.6 Å². The van der Waals surface area contributed by atoms with Gasteiger partial charge < -0.3 is 10.1 Å². The Morgan fingerprint density at radius 1 is 1.25 bits per heavy atom. The Hall–Kier alpha value is -1.94. The zero-order valence-electron chi connectivity index (χ0n) is 11.6. The van der Waals surface area contributed by atoms with E-state index in [9.17, 15) is 4.39 Å². The molecule has 0 bridgehead atoms. The summed E-state index contributed by atoms with van der Waals surface area (Å²) in [6.07, 6.45) is 2.81. The molecule has 106 valence electrons. The molecule has 0 aliphatic rings. The topological polar surface area (TPSA) is 34.2 Å². The van der Waals surface area contributed by atoms with Crippen LogP contribution in [0.4, 0.5) is 4.39 Å². The SMILES string of the molecule is CCCNCc1ccnc(OCc2ccccc2F)c1. The molecule has 2 rings (SSSR count). The summed E-state index contributed by atoms with van der Waals surface area (Å²) in [6.45, 7) is 4.08. The van der Waals surface area contributed by atoms with Crippen LogP contribution in [0.3, 0.4) is 0 Å². The minimum Gasteiger partial charge on any atom is -0.473 e. The van der Waals surface area contributed by atoms with Crippen LogP contribution in [0.25, 0.3) is 0 Å². The van der Waals surface area contributed by atoms with E-state index in [2.05, 4.69) is 17.2 Å². The Bertz CT molecular complexity index is 546. The maximum atomic E-state index is 13.5. The van der Waals surface area contributed by atoms with Gasteiger partial charge in [0.2, 0.25) is 5.88 Å². The van der Waals surface area contributed by atoms with Gasteiger partial charge in [0.15, 0.2) is 0 Å². The number of nitrogens with one attached hydrogen (secondary N) is 1. The lowest BCUT2D eigenvalue weighted by Crippen LogP contribution is -2.13. The Labute approximate surface area is 118 Å². The fraction of sp³-hybridized carbons (Fsp3) is 0.312. The second-order valence-corrected chi connectivity index (χ2v) is 4.56. The number of halogens is 1. The van der Waals surface area contributed by atoms with Gasteiger partial charge >= 0.3 is 0 Å². The normalized spacial score (nSPS) is 10.5. The van der Waals surface area contributed by atoms with Crippen molar-refractivity contribution in [2.75, 3.05) is 6.54 Å². The Balaban J connectivity index is 1.93. The monoisotopic (exact) mass is 274 g/mol. The molecule has 20 heavy (non-hydrogen) atoms. The molecule has 0 radical (unpaired) electrons. The number of hydrogen-bond acceptors (Lipinski definition) is 3. The van der Waals surface area contributed by atoms with E-state index in [0.717, 1.165) is 25.1 Å². The van der Waals surface area contributed by atoms with Crippen LogP contribution in [0.1, 0.15) is 24.5 Å². The van der Waals surface area contributed by atoms with Crippen molar-refractivity contribution in [2.24, 2.45) is 0 Å². The number of aromatic nitrogens is 1. The average Bonchev–Trinajstić information content (AvgIpc) is 2.47. The van der Waals surface area contributed by atoms with Gasteiger partial charge in [-0.2, -0.15) is 0 Å². The fourth-order valence-corrected chi connectivity index (χ4v) is 1.82. The summed E-state index contributed by atoms with van der Waals surface area (Å²) < 4.78 is 19.0. The largest absolute Gasteiger partial charge is 0.473 e. The summed E-state index contributed by atoms with van der Waals surface area (Å²) in [5.41, 5.74) is 1.64. The van der Waals surface area contributed by atoms with Crippen molar-refractivity contribution in [1.29, 1.82) is 0 Å². The number of pyridine rings is 1. The first-order valence-electron chi connectivity index (χ1n) is 6.81. The molecule has 1 aromatic carbocycles. The molecule has 0 atom stereocenters. The van der Waals surface area contributed by atoms with Crippen molar-refractivity contribution >= 4 is 0 Å². The zero-order valence-corrected chi connectivity index (χ0v) is 11.6. The Kier molecular flexibility index (Phi) is 5.50. The predicted molar refractivity (Wildman–Crippen MR) is 77.0 cm³/mol. The zero-order chi connectivity index (χ0) is 14.2. The third kappa shape index (κ3) is 4.31. The van der Waals surface area contributed by atoms with Gasteiger partial charge in [0.05, 0.1) is 0 Å². The summed E-state index contributed by atoms with van der Waals surface area (Å²) in [6, 6.07) is 10.4. The number of rotatable bonds is 7. The highest BCUT2D eigenvalue weighted by atomic mass is 19.1. The van der Waals surface area contributed by atoms with Gasteiger partial charge in [0, 0.05) is 24.4 Å². The minimum absolute atomic E-state index is 0.186. The van der Waals surface area contributed by atoms with Crippen LogP contribution in [0.5, 0.6) is 5.88 Å². The Morgan fingerprint density at radius 3 is 2.90 bits per heavy atom. The quantitative estimate of drug-likeness (QED) is 0.787. The van der Waals surface area contributed by atoms with Crippen molar-refractivity contribution in [2.45, 2.75) is 26.5 Å². The van der Waals surface area contributed by atoms with E-state index in [1.807, 2.05) is 12.1 Å². The highest BCUT2D eigenvalue weighted by Crippen LogP contribution is 2.13. The molecule has 4 heteroatoms. The second kappa shape index (κ2) is 7.60. The summed E-state index contributed by atoms with van der Waals surface area (Å²) in [5.74, 6) is 0.261. The van der Waals surface area contributed by atoms with E-state index >= 15 is 0 Å². The lowest BCUT2D eigenvalue weighted by molar-refractivity contribution is 0.287. The number of ether oxygens (including phenoxy) is 1. The first-order valence-corrected chi connectivity index (χ1v) is 6.81. The lowest BCUT2D eigenvalue weighted by atomic mass is 10.2. The maximum Gasteiger partial charge on any atom is 0.213 e. The van der Waals surface area contributed by atoms with Gasteiger partial charge in [-0.05, 0) is 30.7 Å².